The second-order valence-electron chi connectivity index (χ2n) is 4.64. The van der Waals surface area contributed by atoms with Gasteiger partial charge in [-0.15, -0.1) is 0 Å². The summed E-state index contributed by atoms with van der Waals surface area (Å²) in [5.41, 5.74) is 2.48. The molecule has 0 aliphatic rings. The van der Waals surface area contributed by atoms with Crippen LogP contribution in [-0.2, 0) is 6.42 Å². The Morgan fingerprint density at radius 3 is 2.67 bits per heavy atom. The summed E-state index contributed by atoms with van der Waals surface area (Å²) in [6.45, 7) is 4.10. The molecule has 21 heavy (non-hydrogen) atoms. The summed E-state index contributed by atoms with van der Waals surface area (Å²) in [5, 5.41) is 14.1. The van der Waals surface area contributed by atoms with E-state index in [2.05, 4.69) is 15.3 Å². The van der Waals surface area contributed by atoms with Gasteiger partial charge in [-0.2, -0.15) is 4.98 Å². The van der Waals surface area contributed by atoms with Crippen LogP contribution < -0.4 is 5.32 Å². The van der Waals surface area contributed by atoms with Crippen LogP contribution in [0.3, 0.4) is 0 Å². The highest BCUT2D eigenvalue weighted by Crippen LogP contribution is 2.26. The molecule has 1 N–H and O–H groups in total. The summed E-state index contributed by atoms with van der Waals surface area (Å²) in [4.78, 5) is 18.3. The monoisotopic (exact) mass is 306 g/mol. The third-order valence-electron chi connectivity index (χ3n) is 3.16. The van der Waals surface area contributed by atoms with Gasteiger partial charge in [-0.25, -0.2) is 4.98 Å². The van der Waals surface area contributed by atoms with Crippen molar-refractivity contribution < 1.29 is 4.92 Å². The lowest BCUT2D eigenvalue weighted by atomic mass is 10.1. The first kappa shape index (κ1) is 15.2. The van der Waals surface area contributed by atoms with Crippen molar-refractivity contribution in [3.05, 3.63) is 56.5 Å². The molecule has 0 aliphatic carbocycles. The minimum absolute atomic E-state index is 0.00325. The molecule has 0 amide bonds. The van der Waals surface area contributed by atoms with Crippen molar-refractivity contribution in [2.75, 3.05) is 11.9 Å². The number of nitro groups is 1. The number of halogens is 1. The molecule has 6 nitrogen and oxygen atoms in total. The van der Waals surface area contributed by atoms with Crippen molar-refractivity contribution >= 4 is 23.1 Å². The van der Waals surface area contributed by atoms with Gasteiger partial charge in [0, 0.05) is 6.54 Å². The fourth-order valence-corrected chi connectivity index (χ4v) is 2.29. The van der Waals surface area contributed by atoms with E-state index < -0.39 is 4.92 Å². The Morgan fingerprint density at radius 1 is 1.29 bits per heavy atom. The molecule has 0 fully saturated rings. The van der Waals surface area contributed by atoms with E-state index in [1.54, 1.807) is 0 Å². The minimum Gasteiger partial charge on any atom is -0.364 e. The number of aromatic nitrogens is 2. The van der Waals surface area contributed by atoms with Crippen molar-refractivity contribution in [1.82, 2.24) is 9.97 Å². The third kappa shape index (κ3) is 3.66. The molecule has 110 valence electrons. The first-order chi connectivity index (χ1) is 9.99. The number of benzene rings is 1. The highest BCUT2D eigenvalue weighted by Gasteiger charge is 2.21. The molecule has 0 saturated heterocycles. The van der Waals surface area contributed by atoms with Crippen LogP contribution in [0.15, 0.2) is 24.3 Å². The van der Waals surface area contributed by atoms with Crippen molar-refractivity contribution in [2.24, 2.45) is 0 Å². The predicted octanol–water partition coefficient (Wildman–Crippen LogP) is 3.31. The molecule has 2 rings (SSSR count). The van der Waals surface area contributed by atoms with Crippen LogP contribution in [0.1, 0.15) is 16.8 Å². The Bertz CT molecular complexity index is 676. The van der Waals surface area contributed by atoms with E-state index in [1.807, 2.05) is 31.2 Å². The molecular formula is C14H15ClN4O2. The molecule has 0 bridgehead atoms. The standard InChI is InChI=1S/C14H15ClN4O2/c1-9-5-3-4-6-11(9)7-8-16-13-12(19(20)21)10(2)17-14(15)18-13/h3-6H,7-8H2,1-2H3,(H,16,17,18). The van der Waals surface area contributed by atoms with E-state index in [9.17, 15) is 10.1 Å². The van der Waals surface area contributed by atoms with Gasteiger partial charge < -0.3 is 5.32 Å². The zero-order chi connectivity index (χ0) is 15.4. The maximum absolute atomic E-state index is 11.1. The first-order valence-corrected chi connectivity index (χ1v) is 6.83. The van der Waals surface area contributed by atoms with Gasteiger partial charge in [0.05, 0.1) is 4.92 Å². The predicted molar refractivity (Wildman–Crippen MR) is 81.8 cm³/mol. The van der Waals surface area contributed by atoms with Gasteiger partial charge in [0.1, 0.15) is 5.69 Å². The van der Waals surface area contributed by atoms with Crippen LogP contribution in [0.2, 0.25) is 5.28 Å². The average Bonchev–Trinajstić information content (AvgIpc) is 2.39. The van der Waals surface area contributed by atoms with E-state index in [-0.39, 0.29) is 22.5 Å². The molecule has 1 aromatic heterocycles. The van der Waals surface area contributed by atoms with E-state index in [0.29, 0.717) is 6.54 Å². The van der Waals surface area contributed by atoms with E-state index in [4.69, 9.17) is 11.6 Å². The fraction of sp³-hybridized carbons (Fsp3) is 0.286. The second-order valence-corrected chi connectivity index (χ2v) is 4.97. The van der Waals surface area contributed by atoms with Crippen molar-refractivity contribution in [3.8, 4) is 0 Å². The molecule has 2 aromatic rings. The lowest BCUT2D eigenvalue weighted by Gasteiger charge is -2.09. The van der Waals surface area contributed by atoms with Crippen LogP contribution in [0, 0.1) is 24.0 Å². The Kier molecular flexibility index (Phi) is 4.70. The molecule has 0 radical (unpaired) electrons. The van der Waals surface area contributed by atoms with Gasteiger partial charge >= 0.3 is 5.69 Å². The number of rotatable bonds is 5. The molecule has 0 aliphatic heterocycles. The summed E-state index contributed by atoms with van der Waals surface area (Å²) >= 11 is 5.76. The molecule has 1 heterocycles. The summed E-state index contributed by atoms with van der Waals surface area (Å²) in [5.74, 6) is 0.158. The molecule has 0 saturated carbocycles. The maximum Gasteiger partial charge on any atom is 0.332 e. The number of anilines is 1. The quantitative estimate of drug-likeness (QED) is 0.520. The van der Waals surface area contributed by atoms with Gasteiger partial charge in [0.25, 0.3) is 0 Å². The highest BCUT2D eigenvalue weighted by molar-refractivity contribution is 6.28. The average molecular weight is 307 g/mol. The number of hydrogen-bond acceptors (Lipinski definition) is 5. The van der Waals surface area contributed by atoms with Crippen LogP contribution in [0.25, 0.3) is 0 Å². The SMILES string of the molecule is Cc1ccccc1CCNc1nc(Cl)nc(C)c1[N+](=O)[O-]. The lowest BCUT2D eigenvalue weighted by Crippen LogP contribution is -2.11. The number of nitrogens with zero attached hydrogens (tertiary/aromatic N) is 3. The third-order valence-corrected chi connectivity index (χ3v) is 3.33. The Balaban J connectivity index is 2.13. The summed E-state index contributed by atoms with van der Waals surface area (Å²) in [7, 11) is 0. The van der Waals surface area contributed by atoms with Crippen molar-refractivity contribution in [3.63, 3.8) is 0 Å². The van der Waals surface area contributed by atoms with Gasteiger partial charge in [-0.3, -0.25) is 10.1 Å². The van der Waals surface area contributed by atoms with Crippen molar-refractivity contribution in [2.45, 2.75) is 20.3 Å². The zero-order valence-electron chi connectivity index (χ0n) is 11.8. The molecule has 1 aromatic carbocycles. The maximum atomic E-state index is 11.1. The topological polar surface area (TPSA) is 81.0 Å². The van der Waals surface area contributed by atoms with Crippen LogP contribution in [0.4, 0.5) is 11.5 Å². The molecule has 0 unspecified atom stereocenters. The van der Waals surface area contributed by atoms with E-state index in [1.165, 1.54) is 18.1 Å². The normalized spacial score (nSPS) is 10.4. The van der Waals surface area contributed by atoms with Gasteiger partial charge in [-0.05, 0) is 43.0 Å². The van der Waals surface area contributed by atoms with Crippen LogP contribution in [-0.4, -0.2) is 21.4 Å². The van der Waals surface area contributed by atoms with Gasteiger partial charge in [0.2, 0.25) is 11.1 Å². The number of aryl methyl sites for hydroxylation is 2. The summed E-state index contributed by atoms with van der Waals surface area (Å²) < 4.78 is 0. The number of hydrogen-bond donors (Lipinski definition) is 1. The van der Waals surface area contributed by atoms with Gasteiger partial charge in [0.15, 0.2) is 0 Å². The molecule has 7 heteroatoms. The Morgan fingerprint density at radius 2 is 2.00 bits per heavy atom. The van der Waals surface area contributed by atoms with E-state index in [0.717, 1.165) is 6.42 Å². The molecule has 0 spiro atoms. The molecule has 0 atom stereocenters. The van der Waals surface area contributed by atoms with Crippen LogP contribution in [0.5, 0.6) is 0 Å². The highest BCUT2D eigenvalue weighted by atomic mass is 35.5. The van der Waals surface area contributed by atoms with Gasteiger partial charge in [-0.1, -0.05) is 24.3 Å². The summed E-state index contributed by atoms with van der Waals surface area (Å²) in [6, 6.07) is 8.01. The Hall–Kier alpha value is -2.21. The van der Waals surface area contributed by atoms with Crippen molar-refractivity contribution in [1.29, 1.82) is 0 Å². The largest absolute Gasteiger partial charge is 0.364 e. The van der Waals surface area contributed by atoms with E-state index >= 15 is 0 Å². The minimum atomic E-state index is -0.498. The number of nitrogens with one attached hydrogen (secondary N) is 1. The smallest absolute Gasteiger partial charge is 0.332 e. The van der Waals surface area contributed by atoms with Crippen LogP contribution >= 0.6 is 11.6 Å². The second kappa shape index (κ2) is 6.49. The zero-order valence-corrected chi connectivity index (χ0v) is 12.5. The summed E-state index contributed by atoms with van der Waals surface area (Å²) in [6.07, 6.45) is 0.741. The lowest BCUT2D eigenvalue weighted by molar-refractivity contribution is -0.385. The Labute approximate surface area is 127 Å². The first-order valence-electron chi connectivity index (χ1n) is 6.46. The molecular weight excluding hydrogens is 292 g/mol. The fourth-order valence-electron chi connectivity index (χ4n) is 2.08.